The van der Waals surface area contributed by atoms with E-state index in [4.69, 9.17) is 16.9 Å². The lowest BCUT2D eigenvalue weighted by Gasteiger charge is -2.47. The van der Waals surface area contributed by atoms with Crippen molar-refractivity contribution in [3.05, 3.63) is 113 Å². The van der Waals surface area contributed by atoms with Gasteiger partial charge in [0, 0.05) is 28.2 Å². The van der Waals surface area contributed by atoms with Crippen LogP contribution in [0.1, 0.15) is 29.0 Å². The molecule has 0 bridgehead atoms. The van der Waals surface area contributed by atoms with Gasteiger partial charge in [0.15, 0.2) is 0 Å². The first kappa shape index (κ1) is 24.8. The number of β-lactam (4-membered cyclic amide) rings is 1. The molecule has 8 heteroatoms. The molecule has 0 radical (unpaired) electrons. The number of aromatic hydroxyl groups is 1. The quantitative estimate of drug-likeness (QED) is 0.290. The predicted molar refractivity (Wildman–Crippen MR) is 145 cm³/mol. The van der Waals surface area contributed by atoms with Crippen LogP contribution in [0.2, 0.25) is 5.02 Å². The monoisotopic (exact) mass is 527 g/mol. The summed E-state index contributed by atoms with van der Waals surface area (Å²) in [7, 11) is 0. The van der Waals surface area contributed by atoms with Gasteiger partial charge in [0.05, 0.1) is 12.1 Å². The Hall–Kier alpha value is -3.83. The van der Waals surface area contributed by atoms with Gasteiger partial charge in [-0.25, -0.2) is 4.98 Å². The third-order valence-electron chi connectivity index (χ3n) is 6.33. The van der Waals surface area contributed by atoms with E-state index in [1.807, 2.05) is 48.5 Å². The van der Waals surface area contributed by atoms with E-state index in [1.165, 1.54) is 11.8 Å². The van der Waals surface area contributed by atoms with Gasteiger partial charge >= 0.3 is 0 Å². The van der Waals surface area contributed by atoms with Gasteiger partial charge in [-0.1, -0.05) is 48.0 Å². The first-order chi connectivity index (χ1) is 17.9. The maximum absolute atomic E-state index is 13.3. The summed E-state index contributed by atoms with van der Waals surface area (Å²) in [6.45, 7) is 0. The number of phenolic OH excluding ortho intramolecular Hbond substituents is 1. The molecule has 1 amide bonds. The topological polar surface area (TPSA) is 97.5 Å². The van der Waals surface area contributed by atoms with Crippen molar-refractivity contribution in [3.8, 4) is 22.9 Å². The number of rotatable bonds is 7. The van der Waals surface area contributed by atoms with Crippen molar-refractivity contribution in [2.75, 3.05) is 10.7 Å². The molecule has 0 spiro atoms. The number of hydrogen-bond acceptors (Lipinski definition) is 6. The molecule has 4 aromatic rings. The highest BCUT2D eigenvalue weighted by molar-refractivity contribution is 8.00. The van der Waals surface area contributed by atoms with E-state index in [0.717, 1.165) is 27.9 Å². The Bertz CT molecular complexity index is 1440. The van der Waals surface area contributed by atoms with Crippen molar-refractivity contribution < 1.29 is 15.0 Å². The Kier molecular flexibility index (Phi) is 7.15. The molecular formula is C29H22ClN3O3S. The smallest absolute Gasteiger partial charge is 0.243 e. The number of pyridine rings is 1. The molecule has 0 aliphatic carbocycles. The summed E-state index contributed by atoms with van der Waals surface area (Å²) in [5.41, 5.74) is 4.55. The molecule has 1 aliphatic rings. The molecule has 6 nitrogen and oxygen atoms in total. The van der Waals surface area contributed by atoms with Gasteiger partial charge in [-0.2, -0.15) is 5.26 Å². The lowest BCUT2D eigenvalue weighted by molar-refractivity contribution is -0.123. The molecule has 1 aliphatic heterocycles. The van der Waals surface area contributed by atoms with Gasteiger partial charge in [-0.05, 0) is 65.2 Å². The van der Waals surface area contributed by atoms with Crippen molar-refractivity contribution in [1.29, 1.82) is 5.26 Å². The van der Waals surface area contributed by atoms with Crippen molar-refractivity contribution in [2.45, 2.75) is 17.4 Å². The summed E-state index contributed by atoms with van der Waals surface area (Å²) in [6, 6.07) is 26.8. The predicted octanol–water partition coefficient (Wildman–Crippen LogP) is 5.90. The summed E-state index contributed by atoms with van der Waals surface area (Å²) in [4.78, 5) is 19.2. The van der Waals surface area contributed by atoms with Crippen LogP contribution in [0.3, 0.4) is 0 Å². The van der Waals surface area contributed by atoms with E-state index in [-0.39, 0.29) is 22.9 Å². The first-order valence-electron chi connectivity index (χ1n) is 11.6. The van der Waals surface area contributed by atoms with E-state index in [2.05, 4.69) is 4.98 Å². The second-order valence-corrected chi connectivity index (χ2v) is 10.3. The van der Waals surface area contributed by atoms with Gasteiger partial charge in [-0.15, -0.1) is 11.8 Å². The summed E-state index contributed by atoms with van der Waals surface area (Å²) in [6.07, 6.45) is 0.921. The van der Waals surface area contributed by atoms with Crippen LogP contribution < -0.4 is 4.90 Å². The zero-order chi connectivity index (χ0) is 25.9. The maximum Gasteiger partial charge on any atom is 0.243 e. The number of hydrogen-bond donors (Lipinski definition) is 2. The minimum Gasteiger partial charge on any atom is -0.508 e. The zero-order valence-electron chi connectivity index (χ0n) is 19.5. The lowest BCUT2D eigenvalue weighted by Crippen LogP contribution is -2.57. The molecule has 0 saturated carbocycles. The van der Waals surface area contributed by atoms with Gasteiger partial charge < -0.3 is 15.1 Å². The molecular weight excluding hydrogens is 506 g/mol. The average Bonchev–Trinajstić information content (AvgIpc) is 2.93. The molecule has 184 valence electrons. The number of carbonyl (C=O) groups is 1. The highest BCUT2D eigenvalue weighted by Gasteiger charge is 2.49. The SMILES string of the molecule is N#Cc1ccc(-c2ccc(N3C(=O)[C@H](SC[C@@H](O)c4ccc(Cl)cc4)[C@H]3c3ccc(O)cc3)cc2)cn1. The van der Waals surface area contributed by atoms with E-state index < -0.39 is 6.10 Å². The fourth-order valence-corrected chi connectivity index (χ4v) is 5.75. The highest BCUT2D eigenvalue weighted by Crippen LogP contribution is 2.46. The van der Waals surface area contributed by atoms with Crippen LogP contribution in [0.4, 0.5) is 5.69 Å². The number of thioether (sulfide) groups is 1. The van der Waals surface area contributed by atoms with E-state index in [1.54, 1.807) is 53.6 Å². The van der Waals surface area contributed by atoms with Gasteiger partial charge in [0.2, 0.25) is 5.91 Å². The van der Waals surface area contributed by atoms with E-state index >= 15 is 0 Å². The van der Waals surface area contributed by atoms with Crippen molar-refractivity contribution in [1.82, 2.24) is 4.98 Å². The lowest BCUT2D eigenvalue weighted by atomic mass is 9.92. The van der Waals surface area contributed by atoms with Crippen molar-refractivity contribution in [2.24, 2.45) is 0 Å². The summed E-state index contributed by atoms with van der Waals surface area (Å²) >= 11 is 7.37. The van der Waals surface area contributed by atoms with Crippen LogP contribution in [-0.4, -0.2) is 32.1 Å². The number of carbonyl (C=O) groups excluding carboxylic acids is 1. The number of aliphatic hydroxyl groups is 1. The number of halogens is 1. The molecule has 2 heterocycles. The standard InChI is InChI=1S/C29H22ClN3O3S/c30-22-8-1-19(2-9-22)26(35)17-37-28-27(20-6-13-25(34)14-7-20)33(29(28)36)24-11-4-18(5-12-24)21-3-10-23(15-31)32-16-21/h1-14,16,26-28,34-35H,17H2/t26-,27-,28-/m1/s1. The number of benzene rings is 3. The fourth-order valence-electron chi connectivity index (χ4n) is 4.33. The second kappa shape index (κ2) is 10.7. The Morgan fingerprint density at radius 2 is 1.65 bits per heavy atom. The number of nitriles is 1. The maximum atomic E-state index is 13.3. The summed E-state index contributed by atoms with van der Waals surface area (Å²) in [5.74, 6) is 0.466. The molecule has 0 unspecified atom stereocenters. The molecule has 1 aromatic heterocycles. The Labute approximate surface area is 223 Å². The number of aromatic nitrogens is 1. The molecule has 3 aromatic carbocycles. The van der Waals surface area contributed by atoms with Crippen molar-refractivity contribution in [3.63, 3.8) is 0 Å². The summed E-state index contributed by atoms with van der Waals surface area (Å²) in [5, 5.41) is 29.6. The van der Waals surface area contributed by atoms with Crippen LogP contribution in [0.5, 0.6) is 5.75 Å². The summed E-state index contributed by atoms with van der Waals surface area (Å²) < 4.78 is 0. The normalized spacial score (nSPS) is 17.6. The number of phenols is 1. The van der Waals surface area contributed by atoms with E-state index in [9.17, 15) is 15.0 Å². The average molecular weight is 528 g/mol. The second-order valence-electron chi connectivity index (χ2n) is 8.66. The van der Waals surface area contributed by atoms with Crippen LogP contribution in [0.15, 0.2) is 91.1 Å². The third-order valence-corrected chi connectivity index (χ3v) is 7.90. The molecule has 2 N–H and O–H groups in total. The van der Waals surface area contributed by atoms with Crippen LogP contribution in [-0.2, 0) is 4.79 Å². The third kappa shape index (κ3) is 5.18. The van der Waals surface area contributed by atoms with Crippen molar-refractivity contribution >= 4 is 35.0 Å². The molecule has 1 saturated heterocycles. The molecule has 3 atom stereocenters. The minimum atomic E-state index is -0.732. The van der Waals surface area contributed by atoms with E-state index in [0.29, 0.717) is 16.5 Å². The van der Waals surface area contributed by atoms with Gasteiger partial charge in [0.1, 0.15) is 22.8 Å². The van der Waals surface area contributed by atoms with Gasteiger partial charge in [-0.3, -0.25) is 4.79 Å². The zero-order valence-corrected chi connectivity index (χ0v) is 21.1. The first-order valence-corrected chi connectivity index (χ1v) is 13.0. The highest BCUT2D eigenvalue weighted by atomic mass is 35.5. The number of aliphatic hydroxyl groups excluding tert-OH is 1. The molecule has 5 rings (SSSR count). The van der Waals surface area contributed by atoms with Crippen LogP contribution in [0.25, 0.3) is 11.1 Å². The largest absolute Gasteiger partial charge is 0.508 e. The van der Waals surface area contributed by atoms with Gasteiger partial charge in [0.25, 0.3) is 0 Å². The van der Waals surface area contributed by atoms with Crippen LogP contribution in [0, 0.1) is 11.3 Å². The van der Waals surface area contributed by atoms with Crippen LogP contribution >= 0.6 is 23.4 Å². The Morgan fingerprint density at radius 1 is 0.973 bits per heavy atom. The number of amides is 1. The number of anilines is 1. The molecule has 1 fully saturated rings. The Morgan fingerprint density at radius 3 is 2.27 bits per heavy atom. The minimum absolute atomic E-state index is 0.0424. The molecule has 37 heavy (non-hydrogen) atoms. The fraction of sp³-hybridized carbons (Fsp3) is 0.138. The number of nitrogens with zero attached hydrogens (tertiary/aromatic N) is 3. The Balaban J connectivity index is 1.36.